The van der Waals surface area contributed by atoms with Crippen molar-refractivity contribution in [3.05, 3.63) is 34.9 Å². The van der Waals surface area contributed by atoms with Crippen LogP contribution < -0.4 is 0 Å². The number of amides is 1. The summed E-state index contributed by atoms with van der Waals surface area (Å²) in [6.07, 6.45) is -0.200. The molecule has 0 aromatic heterocycles. The van der Waals surface area contributed by atoms with Crippen molar-refractivity contribution in [3.8, 4) is 0 Å². The quantitative estimate of drug-likeness (QED) is 0.772. The summed E-state index contributed by atoms with van der Waals surface area (Å²) in [7, 11) is 0. The fraction of sp³-hybridized carbons (Fsp3) is 0.562. The zero-order valence-electron chi connectivity index (χ0n) is 12.5. The maximum atomic E-state index is 11.9. The third-order valence-electron chi connectivity index (χ3n) is 3.40. The predicted molar refractivity (Wildman–Crippen MR) is 76.5 cm³/mol. The van der Waals surface area contributed by atoms with Crippen molar-refractivity contribution in [1.29, 1.82) is 0 Å². The van der Waals surface area contributed by atoms with Crippen LogP contribution in [0.3, 0.4) is 0 Å². The predicted octanol–water partition coefficient (Wildman–Crippen LogP) is 3.64. The molecule has 0 bridgehead atoms. The lowest BCUT2D eigenvalue weighted by Crippen LogP contribution is -2.50. The van der Waals surface area contributed by atoms with Gasteiger partial charge in [-0.05, 0) is 45.7 Å². The smallest absolute Gasteiger partial charge is 0.410 e. The molecular formula is C16H23NO2. The highest BCUT2D eigenvalue weighted by atomic mass is 16.6. The number of hydrogen-bond donors (Lipinski definition) is 0. The summed E-state index contributed by atoms with van der Waals surface area (Å²) >= 11 is 0. The van der Waals surface area contributed by atoms with Gasteiger partial charge in [0.1, 0.15) is 5.60 Å². The van der Waals surface area contributed by atoms with E-state index in [4.69, 9.17) is 4.74 Å². The van der Waals surface area contributed by atoms with Crippen LogP contribution in [0.4, 0.5) is 4.79 Å². The first-order valence-electron chi connectivity index (χ1n) is 6.81. The van der Waals surface area contributed by atoms with E-state index in [-0.39, 0.29) is 6.09 Å². The summed E-state index contributed by atoms with van der Waals surface area (Å²) in [5, 5.41) is 0. The average molecular weight is 261 g/mol. The number of likely N-dealkylation sites (tertiary alicyclic amines) is 1. The Labute approximate surface area is 115 Å². The van der Waals surface area contributed by atoms with Crippen LogP contribution in [0, 0.1) is 13.8 Å². The van der Waals surface area contributed by atoms with Crippen molar-refractivity contribution >= 4 is 6.09 Å². The monoisotopic (exact) mass is 261 g/mol. The molecule has 0 unspecified atom stereocenters. The number of nitrogens with zero attached hydrogens (tertiary/aromatic N) is 1. The minimum absolute atomic E-state index is 0.200. The molecule has 0 atom stereocenters. The fourth-order valence-electron chi connectivity index (χ4n) is 2.43. The van der Waals surface area contributed by atoms with Crippen LogP contribution in [-0.4, -0.2) is 29.7 Å². The Morgan fingerprint density at radius 1 is 1.26 bits per heavy atom. The van der Waals surface area contributed by atoms with Crippen LogP contribution >= 0.6 is 0 Å². The van der Waals surface area contributed by atoms with Gasteiger partial charge in [-0.2, -0.15) is 0 Å². The first-order chi connectivity index (χ1) is 8.76. The average Bonchev–Trinajstić information content (AvgIpc) is 2.16. The molecule has 1 amide bonds. The van der Waals surface area contributed by atoms with Gasteiger partial charge in [-0.15, -0.1) is 0 Å². The summed E-state index contributed by atoms with van der Waals surface area (Å²) in [5.41, 5.74) is 3.53. The highest BCUT2D eigenvalue weighted by Gasteiger charge is 2.34. The van der Waals surface area contributed by atoms with Crippen molar-refractivity contribution in [1.82, 2.24) is 4.90 Å². The number of ether oxygens (including phenoxy) is 1. The normalized spacial score (nSPS) is 16.2. The maximum Gasteiger partial charge on any atom is 0.410 e. The van der Waals surface area contributed by atoms with E-state index in [2.05, 4.69) is 32.0 Å². The molecule has 1 fully saturated rings. The topological polar surface area (TPSA) is 29.5 Å². The second-order valence-corrected chi connectivity index (χ2v) is 6.44. The standard InChI is InChI=1S/C16H23NO2/c1-11-6-7-14(12(2)8-11)13-9-17(10-13)15(18)19-16(3,4)5/h6-8,13H,9-10H2,1-5H3. The van der Waals surface area contributed by atoms with Gasteiger partial charge in [-0.3, -0.25) is 0 Å². The van der Waals surface area contributed by atoms with Crippen molar-refractivity contribution in [2.24, 2.45) is 0 Å². The van der Waals surface area contributed by atoms with Gasteiger partial charge in [-0.1, -0.05) is 23.8 Å². The molecule has 1 saturated heterocycles. The van der Waals surface area contributed by atoms with E-state index in [1.165, 1.54) is 16.7 Å². The maximum absolute atomic E-state index is 11.9. The Hall–Kier alpha value is -1.51. The number of aryl methyl sites for hydroxylation is 2. The second kappa shape index (κ2) is 4.87. The van der Waals surface area contributed by atoms with E-state index in [0.717, 1.165) is 13.1 Å². The van der Waals surface area contributed by atoms with Gasteiger partial charge in [-0.25, -0.2) is 4.79 Å². The summed E-state index contributed by atoms with van der Waals surface area (Å²) < 4.78 is 5.36. The molecule has 0 spiro atoms. The van der Waals surface area contributed by atoms with Gasteiger partial charge in [0.2, 0.25) is 0 Å². The molecule has 1 aliphatic heterocycles. The van der Waals surface area contributed by atoms with E-state index in [9.17, 15) is 4.79 Å². The van der Waals surface area contributed by atoms with E-state index >= 15 is 0 Å². The molecule has 0 aliphatic carbocycles. The fourth-order valence-corrected chi connectivity index (χ4v) is 2.43. The number of carbonyl (C=O) groups excluding carboxylic acids is 1. The van der Waals surface area contributed by atoms with Crippen molar-refractivity contribution < 1.29 is 9.53 Å². The summed E-state index contributed by atoms with van der Waals surface area (Å²) in [6, 6.07) is 6.52. The Morgan fingerprint density at radius 2 is 1.89 bits per heavy atom. The highest BCUT2D eigenvalue weighted by molar-refractivity contribution is 5.69. The molecule has 0 radical (unpaired) electrons. The SMILES string of the molecule is Cc1ccc(C2CN(C(=O)OC(C)(C)C)C2)c(C)c1. The molecule has 1 aromatic rings. The van der Waals surface area contributed by atoms with Crippen LogP contribution in [0.2, 0.25) is 0 Å². The van der Waals surface area contributed by atoms with Crippen molar-refractivity contribution in [2.75, 3.05) is 13.1 Å². The zero-order chi connectivity index (χ0) is 14.2. The Morgan fingerprint density at radius 3 is 2.42 bits per heavy atom. The van der Waals surface area contributed by atoms with Gasteiger partial charge in [0.05, 0.1) is 0 Å². The van der Waals surface area contributed by atoms with Gasteiger partial charge in [0.15, 0.2) is 0 Å². The Bertz CT molecular complexity index is 482. The van der Waals surface area contributed by atoms with Crippen LogP contribution in [-0.2, 0) is 4.74 Å². The number of hydrogen-bond acceptors (Lipinski definition) is 2. The molecule has 1 heterocycles. The molecular weight excluding hydrogens is 238 g/mol. The third-order valence-corrected chi connectivity index (χ3v) is 3.40. The Kier molecular flexibility index (Phi) is 3.57. The van der Waals surface area contributed by atoms with E-state index < -0.39 is 5.60 Å². The molecule has 3 heteroatoms. The number of carbonyl (C=O) groups is 1. The van der Waals surface area contributed by atoms with E-state index in [1.807, 2.05) is 20.8 Å². The van der Waals surface area contributed by atoms with Crippen molar-refractivity contribution in [2.45, 2.75) is 46.1 Å². The molecule has 0 N–H and O–H groups in total. The summed E-state index contributed by atoms with van der Waals surface area (Å²) in [4.78, 5) is 13.6. The van der Waals surface area contributed by atoms with Crippen LogP contribution in [0.15, 0.2) is 18.2 Å². The molecule has 2 rings (SSSR count). The van der Waals surface area contributed by atoms with Gasteiger partial charge in [0, 0.05) is 19.0 Å². The lowest BCUT2D eigenvalue weighted by Gasteiger charge is -2.40. The van der Waals surface area contributed by atoms with E-state index in [1.54, 1.807) is 4.90 Å². The molecule has 3 nitrogen and oxygen atoms in total. The van der Waals surface area contributed by atoms with Crippen LogP contribution in [0.5, 0.6) is 0 Å². The number of benzene rings is 1. The second-order valence-electron chi connectivity index (χ2n) is 6.44. The van der Waals surface area contributed by atoms with Crippen LogP contribution in [0.1, 0.15) is 43.4 Å². The van der Waals surface area contributed by atoms with Crippen molar-refractivity contribution in [3.63, 3.8) is 0 Å². The first kappa shape index (κ1) is 13.9. The summed E-state index contributed by atoms with van der Waals surface area (Å²) in [6.45, 7) is 11.4. The Balaban J connectivity index is 1.94. The number of rotatable bonds is 1. The van der Waals surface area contributed by atoms with E-state index in [0.29, 0.717) is 5.92 Å². The third kappa shape index (κ3) is 3.28. The summed E-state index contributed by atoms with van der Waals surface area (Å²) in [5.74, 6) is 0.452. The molecule has 1 aromatic carbocycles. The lowest BCUT2D eigenvalue weighted by molar-refractivity contribution is 0.00814. The lowest BCUT2D eigenvalue weighted by atomic mass is 9.88. The molecule has 104 valence electrons. The largest absolute Gasteiger partial charge is 0.444 e. The highest BCUT2D eigenvalue weighted by Crippen LogP contribution is 2.30. The van der Waals surface area contributed by atoms with Crippen LogP contribution in [0.25, 0.3) is 0 Å². The molecule has 1 aliphatic rings. The van der Waals surface area contributed by atoms with Gasteiger partial charge >= 0.3 is 6.09 Å². The minimum Gasteiger partial charge on any atom is -0.444 e. The minimum atomic E-state index is -0.415. The van der Waals surface area contributed by atoms with Gasteiger partial charge < -0.3 is 9.64 Å². The zero-order valence-corrected chi connectivity index (χ0v) is 12.5. The molecule has 19 heavy (non-hydrogen) atoms. The first-order valence-corrected chi connectivity index (χ1v) is 6.81. The molecule has 0 saturated carbocycles. The van der Waals surface area contributed by atoms with Gasteiger partial charge in [0.25, 0.3) is 0 Å².